The van der Waals surface area contributed by atoms with Crippen molar-refractivity contribution in [1.29, 1.82) is 0 Å². The zero-order valence-electron chi connectivity index (χ0n) is 12.4. The Morgan fingerprint density at radius 1 is 1.48 bits per heavy atom. The topological polar surface area (TPSA) is 75.2 Å². The Balaban J connectivity index is 2.17. The first-order valence-corrected chi connectivity index (χ1v) is 10.2. The quantitative estimate of drug-likeness (QED) is 0.777. The van der Waals surface area contributed by atoms with E-state index in [9.17, 15) is 8.42 Å². The molecule has 1 aromatic rings. The molecule has 0 radical (unpaired) electrons. The SMILES string of the molecule is CCCNCc1cncc(N2CCSCC2S(C)(=O)=O)n1. The number of aromatic nitrogens is 2. The van der Waals surface area contributed by atoms with E-state index in [2.05, 4.69) is 22.2 Å². The Labute approximate surface area is 130 Å². The summed E-state index contributed by atoms with van der Waals surface area (Å²) >= 11 is 1.67. The average Bonchev–Trinajstić information content (AvgIpc) is 2.47. The van der Waals surface area contributed by atoms with Gasteiger partial charge in [-0.2, -0.15) is 11.8 Å². The predicted octanol–water partition coefficient (Wildman–Crippen LogP) is 0.900. The van der Waals surface area contributed by atoms with Gasteiger partial charge >= 0.3 is 0 Å². The highest BCUT2D eigenvalue weighted by Gasteiger charge is 2.32. The molecule has 0 saturated carbocycles. The summed E-state index contributed by atoms with van der Waals surface area (Å²) in [4.78, 5) is 10.6. The van der Waals surface area contributed by atoms with Crippen LogP contribution in [0, 0.1) is 0 Å². The lowest BCUT2D eigenvalue weighted by atomic mass is 10.4. The van der Waals surface area contributed by atoms with E-state index in [0.717, 1.165) is 24.4 Å². The van der Waals surface area contributed by atoms with Crippen molar-refractivity contribution >= 4 is 27.4 Å². The summed E-state index contributed by atoms with van der Waals surface area (Å²) in [6.07, 6.45) is 5.72. The van der Waals surface area contributed by atoms with Gasteiger partial charge < -0.3 is 10.2 Å². The summed E-state index contributed by atoms with van der Waals surface area (Å²) in [6, 6.07) is 0. The maximum Gasteiger partial charge on any atom is 0.169 e. The molecule has 2 rings (SSSR count). The van der Waals surface area contributed by atoms with Crippen molar-refractivity contribution in [1.82, 2.24) is 15.3 Å². The standard InChI is InChI=1S/C13H22N4O2S2/c1-3-4-14-7-11-8-15-9-12(16-11)17-5-6-20-10-13(17)21(2,18)19/h8-9,13-14H,3-7,10H2,1-2H3. The van der Waals surface area contributed by atoms with E-state index in [1.807, 2.05) is 4.90 Å². The van der Waals surface area contributed by atoms with Crippen LogP contribution < -0.4 is 10.2 Å². The van der Waals surface area contributed by atoms with Crippen LogP contribution in [0.5, 0.6) is 0 Å². The molecule has 1 aliphatic heterocycles. The molecule has 0 aliphatic carbocycles. The third-order valence-electron chi connectivity index (χ3n) is 3.28. The fourth-order valence-electron chi connectivity index (χ4n) is 2.21. The number of sulfone groups is 1. The van der Waals surface area contributed by atoms with Crippen LogP contribution >= 0.6 is 11.8 Å². The molecule has 1 unspecified atom stereocenters. The van der Waals surface area contributed by atoms with E-state index >= 15 is 0 Å². The van der Waals surface area contributed by atoms with Crippen molar-refractivity contribution in [2.24, 2.45) is 0 Å². The number of rotatable bonds is 6. The second-order valence-corrected chi connectivity index (χ2v) is 8.45. The van der Waals surface area contributed by atoms with Gasteiger partial charge in [0.05, 0.1) is 11.9 Å². The Morgan fingerprint density at radius 2 is 2.29 bits per heavy atom. The minimum atomic E-state index is -3.14. The molecule has 1 aromatic heterocycles. The average molecular weight is 330 g/mol. The molecule has 0 bridgehead atoms. The van der Waals surface area contributed by atoms with E-state index in [1.54, 1.807) is 24.2 Å². The van der Waals surface area contributed by atoms with Gasteiger partial charge in [-0.15, -0.1) is 0 Å². The molecule has 0 amide bonds. The maximum absolute atomic E-state index is 12.0. The van der Waals surface area contributed by atoms with Crippen LogP contribution in [-0.2, 0) is 16.4 Å². The van der Waals surface area contributed by atoms with Crippen molar-refractivity contribution in [2.45, 2.75) is 25.3 Å². The highest BCUT2D eigenvalue weighted by atomic mass is 32.2. The summed E-state index contributed by atoms with van der Waals surface area (Å²) in [7, 11) is -3.14. The Kier molecular flexibility index (Phi) is 5.83. The molecule has 118 valence electrons. The lowest BCUT2D eigenvalue weighted by Gasteiger charge is -2.34. The number of thioether (sulfide) groups is 1. The van der Waals surface area contributed by atoms with E-state index in [0.29, 0.717) is 24.7 Å². The zero-order valence-corrected chi connectivity index (χ0v) is 14.1. The normalized spacial score (nSPS) is 19.7. The van der Waals surface area contributed by atoms with Crippen molar-refractivity contribution in [2.75, 3.05) is 35.8 Å². The van der Waals surface area contributed by atoms with Gasteiger partial charge in [0.1, 0.15) is 11.2 Å². The monoisotopic (exact) mass is 330 g/mol. The van der Waals surface area contributed by atoms with Crippen molar-refractivity contribution in [3.05, 3.63) is 18.1 Å². The number of hydrogen-bond donors (Lipinski definition) is 1. The molecule has 2 heterocycles. The zero-order chi connectivity index (χ0) is 15.3. The van der Waals surface area contributed by atoms with E-state index in [4.69, 9.17) is 0 Å². The van der Waals surface area contributed by atoms with Gasteiger partial charge in [0, 0.05) is 37.0 Å². The third-order valence-corrected chi connectivity index (χ3v) is 5.92. The molecule has 1 N–H and O–H groups in total. The first-order chi connectivity index (χ1) is 10.0. The lowest BCUT2D eigenvalue weighted by Crippen LogP contribution is -2.47. The van der Waals surface area contributed by atoms with Gasteiger partial charge in [-0.1, -0.05) is 6.92 Å². The molecule has 21 heavy (non-hydrogen) atoms. The predicted molar refractivity (Wildman–Crippen MR) is 87.3 cm³/mol. The number of nitrogens with one attached hydrogen (secondary N) is 1. The molecule has 0 aromatic carbocycles. The molecule has 1 saturated heterocycles. The van der Waals surface area contributed by atoms with Crippen LogP contribution in [0.3, 0.4) is 0 Å². The van der Waals surface area contributed by atoms with Crippen LogP contribution in [0.15, 0.2) is 12.4 Å². The lowest BCUT2D eigenvalue weighted by molar-refractivity contribution is 0.583. The molecule has 8 heteroatoms. The summed E-state index contributed by atoms with van der Waals surface area (Å²) in [5, 5.41) is 2.77. The maximum atomic E-state index is 12.0. The Bertz CT molecular complexity index is 565. The van der Waals surface area contributed by atoms with Gasteiger partial charge in [-0.3, -0.25) is 4.98 Å². The fraction of sp³-hybridized carbons (Fsp3) is 0.692. The van der Waals surface area contributed by atoms with Crippen LogP contribution in [0.1, 0.15) is 19.0 Å². The second-order valence-electron chi connectivity index (χ2n) is 5.10. The number of nitrogens with zero attached hydrogens (tertiary/aromatic N) is 3. The second kappa shape index (κ2) is 7.42. The molecule has 1 fully saturated rings. The fourth-order valence-corrected chi connectivity index (χ4v) is 5.04. The molecular formula is C13H22N4O2S2. The Morgan fingerprint density at radius 3 is 3.00 bits per heavy atom. The minimum absolute atomic E-state index is 0.510. The molecule has 1 atom stereocenters. The van der Waals surface area contributed by atoms with Gasteiger partial charge in [-0.25, -0.2) is 13.4 Å². The summed E-state index contributed by atoms with van der Waals surface area (Å²) < 4.78 is 23.9. The van der Waals surface area contributed by atoms with Crippen molar-refractivity contribution in [3.8, 4) is 0 Å². The number of anilines is 1. The van der Waals surface area contributed by atoms with Crippen LogP contribution in [0.2, 0.25) is 0 Å². The summed E-state index contributed by atoms with van der Waals surface area (Å²) in [5.41, 5.74) is 0.839. The van der Waals surface area contributed by atoms with Gasteiger partial charge in [0.2, 0.25) is 0 Å². The largest absolute Gasteiger partial charge is 0.337 e. The highest BCUT2D eigenvalue weighted by molar-refractivity contribution is 8.01. The highest BCUT2D eigenvalue weighted by Crippen LogP contribution is 2.24. The number of hydrogen-bond acceptors (Lipinski definition) is 7. The van der Waals surface area contributed by atoms with Crippen molar-refractivity contribution < 1.29 is 8.42 Å². The molecule has 0 spiro atoms. The Hall–Kier alpha value is -0.860. The van der Waals surface area contributed by atoms with Crippen LogP contribution in [-0.4, -0.2) is 54.6 Å². The first-order valence-electron chi connectivity index (χ1n) is 7.07. The van der Waals surface area contributed by atoms with E-state index in [-0.39, 0.29) is 0 Å². The first kappa shape index (κ1) is 16.5. The van der Waals surface area contributed by atoms with Gasteiger partial charge in [-0.05, 0) is 13.0 Å². The third kappa shape index (κ3) is 4.55. The van der Waals surface area contributed by atoms with Crippen LogP contribution in [0.4, 0.5) is 5.82 Å². The summed E-state index contributed by atoms with van der Waals surface area (Å²) in [6.45, 7) is 4.37. The molecular weight excluding hydrogens is 308 g/mol. The summed E-state index contributed by atoms with van der Waals surface area (Å²) in [5.74, 6) is 2.15. The van der Waals surface area contributed by atoms with Crippen LogP contribution in [0.25, 0.3) is 0 Å². The van der Waals surface area contributed by atoms with Crippen molar-refractivity contribution in [3.63, 3.8) is 0 Å². The van der Waals surface area contributed by atoms with Gasteiger partial charge in [0.15, 0.2) is 9.84 Å². The molecule has 1 aliphatic rings. The molecule has 6 nitrogen and oxygen atoms in total. The van der Waals surface area contributed by atoms with E-state index in [1.165, 1.54) is 6.26 Å². The smallest absolute Gasteiger partial charge is 0.169 e. The minimum Gasteiger partial charge on any atom is -0.337 e. The van der Waals surface area contributed by atoms with Gasteiger partial charge in [0.25, 0.3) is 0 Å². The van der Waals surface area contributed by atoms with E-state index < -0.39 is 15.2 Å².